The van der Waals surface area contributed by atoms with Crippen LogP contribution in [0.4, 0.5) is 19.0 Å². The van der Waals surface area contributed by atoms with Crippen molar-refractivity contribution in [3.8, 4) is 5.75 Å². The molecule has 218 valence electrons. The number of hydrogen-bond acceptors (Lipinski definition) is 8. The number of halogens is 3. The van der Waals surface area contributed by atoms with Crippen molar-refractivity contribution in [3.63, 3.8) is 0 Å². The summed E-state index contributed by atoms with van der Waals surface area (Å²) in [7, 11) is 0. The molecule has 0 bridgehead atoms. The van der Waals surface area contributed by atoms with Gasteiger partial charge in [0.1, 0.15) is 11.5 Å². The molecule has 0 aliphatic rings. The quantitative estimate of drug-likeness (QED) is 0.236. The third kappa shape index (κ3) is 9.91. The van der Waals surface area contributed by atoms with Crippen molar-refractivity contribution in [3.05, 3.63) is 106 Å². The summed E-state index contributed by atoms with van der Waals surface area (Å²) in [5.41, 5.74) is 1.71. The van der Waals surface area contributed by atoms with E-state index in [0.717, 1.165) is 12.1 Å². The second-order valence-electron chi connectivity index (χ2n) is 9.40. The van der Waals surface area contributed by atoms with Gasteiger partial charge >= 0.3 is 12.1 Å². The van der Waals surface area contributed by atoms with Gasteiger partial charge in [-0.05, 0) is 67.3 Å². The zero-order valence-electron chi connectivity index (χ0n) is 22.4. The van der Waals surface area contributed by atoms with Gasteiger partial charge in [-0.1, -0.05) is 18.2 Å². The Morgan fingerprint density at radius 2 is 1.71 bits per heavy atom. The number of ether oxygens (including phenoxy) is 1. The van der Waals surface area contributed by atoms with Crippen molar-refractivity contribution >= 4 is 17.5 Å². The number of unbranched alkanes of at least 4 members (excludes halogenated alkanes) is 1. The zero-order valence-corrected chi connectivity index (χ0v) is 22.4. The molecular weight excluding hydrogens is 553 g/mol. The number of benzene rings is 1. The molecular formula is C29H27F3N6O4. The van der Waals surface area contributed by atoms with Gasteiger partial charge in [0.05, 0.1) is 17.8 Å². The lowest BCUT2D eigenvalue weighted by molar-refractivity contribution is -0.274. The smallest absolute Gasteiger partial charge is 0.406 e. The number of nitrogens with zero attached hydrogens (tertiary/aromatic N) is 5. The number of carbonyl (C=O) groups is 2. The molecule has 4 rings (SSSR count). The molecule has 0 saturated carbocycles. The van der Waals surface area contributed by atoms with Crippen LogP contribution in [-0.2, 0) is 41.8 Å². The van der Waals surface area contributed by atoms with Gasteiger partial charge in [-0.2, -0.15) is 10.1 Å². The summed E-state index contributed by atoms with van der Waals surface area (Å²) in [6, 6.07) is 15.5. The first-order valence-electron chi connectivity index (χ1n) is 13.1. The van der Waals surface area contributed by atoms with E-state index < -0.39 is 23.7 Å². The van der Waals surface area contributed by atoms with Crippen LogP contribution >= 0.6 is 0 Å². The molecule has 3 aromatic heterocycles. The third-order valence-electron chi connectivity index (χ3n) is 5.98. The van der Waals surface area contributed by atoms with Gasteiger partial charge in [-0.3, -0.25) is 19.1 Å². The van der Waals surface area contributed by atoms with Gasteiger partial charge in [-0.15, -0.1) is 18.3 Å². The van der Waals surface area contributed by atoms with Crippen LogP contribution in [0.5, 0.6) is 5.75 Å². The third-order valence-corrected chi connectivity index (χ3v) is 5.98. The molecule has 42 heavy (non-hydrogen) atoms. The Hall–Kier alpha value is -4.94. The number of rotatable bonds is 13. The van der Waals surface area contributed by atoms with E-state index in [9.17, 15) is 27.6 Å². The molecule has 0 aliphatic heterocycles. The lowest BCUT2D eigenvalue weighted by Crippen LogP contribution is -2.24. The van der Waals surface area contributed by atoms with Crippen molar-refractivity contribution in [2.24, 2.45) is 0 Å². The van der Waals surface area contributed by atoms with Crippen molar-refractivity contribution < 1.29 is 27.5 Å². The molecule has 0 saturated heterocycles. The Bertz CT molecular complexity index is 1560. The van der Waals surface area contributed by atoms with E-state index in [2.05, 4.69) is 30.2 Å². The number of alkyl halides is 3. The molecule has 0 unspecified atom stereocenters. The number of amides is 1. The van der Waals surface area contributed by atoms with Crippen molar-refractivity contribution in [1.29, 1.82) is 0 Å². The summed E-state index contributed by atoms with van der Waals surface area (Å²) in [5, 5.41) is 10.6. The Kier molecular flexibility index (Phi) is 10.1. The fraction of sp³-hybridized carbons (Fsp3) is 0.276. The van der Waals surface area contributed by atoms with E-state index in [1.807, 2.05) is 6.07 Å². The second-order valence-corrected chi connectivity index (χ2v) is 9.40. The highest BCUT2D eigenvalue weighted by atomic mass is 19.4. The summed E-state index contributed by atoms with van der Waals surface area (Å²) in [4.78, 5) is 45.1. The van der Waals surface area contributed by atoms with Crippen LogP contribution in [0.2, 0.25) is 0 Å². The van der Waals surface area contributed by atoms with E-state index in [1.54, 1.807) is 42.7 Å². The number of anilines is 1. The van der Waals surface area contributed by atoms with Crippen LogP contribution in [0, 0.1) is 0 Å². The number of aromatic nitrogens is 5. The van der Waals surface area contributed by atoms with E-state index in [-0.39, 0.29) is 30.9 Å². The lowest BCUT2D eigenvalue weighted by atomic mass is 10.1. The molecule has 0 fully saturated rings. The predicted octanol–water partition coefficient (Wildman–Crippen LogP) is 3.89. The Morgan fingerprint density at radius 1 is 0.881 bits per heavy atom. The highest BCUT2D eigenvalue weighted by Crippen LogP contribution is 2.23. The Labute approximate surface area is 238 Å². The second kappa shape index (κ2) is 14.1. The van der Waals surface area contributed by atoms with Crippen molar-refractivity contribution in [1.82, 2.24) is 24.7 Å². The molecule has 1 aromatic carbocycles. The van der Waals surface area contributed by atoms with Gasteiger partial charge in [-0.25, -0.2) is 4.79 Å². The number of hydrogen-bond donors (Lipinski definition) is 1. The molecule has 0 aliphatic carbocycles. The lowest BCUT2D eigenvalue weighted by Gasteiger charge is -2.10. The maximum Gasteiger partial charge on any atom is 0.573 e. The highest BCUT2D eigenvalue weighted by molar-refractivity contribution is 5.91. The zero-order chi connectivity index (χ0) is 30.0. The number of Topliss-reactive ketones (excluding diaryl/α,β-unsaturated/α-hetero) is 1. The highest BCUT2D eigenvalue weighted by Gasteiger charge is 2.31. The normalized spacial score (nSPS) is 11.2. The Balaban J connectivity index is 1.18. The molecule has 0 spiro atoms. The Morgan fingerprint density at radius 3 is 2.43 bits per heavy atom. The first-order valence-corrected chi connectivity index (χ1v) is 13.1. The summed E-state index contributed by atoms with van der Waals surface area (Å²) < 4.78 is 42.6. The van der Waals surface area contributed by atoms with Gasteiger partial charge in [0.25, 0.3) is 0 Å². The van der Waals surface area contributed by atoms with Crippen LogP contribution in [0.1, 0.15) is 35.5 Å². The molecule has 13 heteroatoms. The number of pyridine rings is 1. The van der Waals surface area contributed by atoms with E-state index in [1.165, 1.54) is 16.7 Å². The minimum absolute atomic E-state index is 0.0614. The van der Waals surface area contributed by atoms with Crippen LogP contribution in [0.25, 0.3) is 0 Å². The summed E-state index contributed by atoms with van der Waals surface area (Å²) in [5.74, 6) is -0.736. The molecule has 1 N–H and O–H groups in total. The van der Waals surface area contributed by atoms with Crippen molar-refractivity contribution in [2.75, 3.05) is 5.32 Å². The predicted molar refractivity (Wildman–Crippen MR) is 146 cm³/mol. The van der Waals surface area contributed by atoms with Gasteiger partial charge < -0.3 is 10.1 Å². The molecule has 10 nitrogen and oxygen atoms in total. The molecule has 3 heterocycles. The topological polar surface area (TPSA) is 129 Å². The number of carbonyl (C=O) groups excluding carboxylic acids is 2. The van der Waals surface area contributed by atoms with Gasteiger partial charge in [0.15, 0.2) is 5.82 Å². The van der Waals surface area contributed by atoms with Gasteiger partial charge in [0, 0.05) is 37.5 Å². The van der Waals surface area contributed by atoms with E-state index in [0.29, 0.717) is 48.5 Å². The average molecular weight is 581 g/mol. The maximum absolute atomic E-state index is 12.4. The van der Waals surface area contributed by atoms with Crippen LogP contribution in [-0.4, -0.2) is 42.8 Å². The molecule has 0 atom stereocenters. The van der Waals surface area contributed by atoms with Crippen LogP contribution in [0.3, 0.4) is 0 Å². The minimum Gasteiger partial charge on any atom is -0.406 e. The first-order chi connectivity index (χ1) is 20.1. The summed E-state index contributed by atoms with van der Waals surface area (Å²) in [6.07, 6.45) is 0.499. The summed E-state index contributed by atoms with van der Waals surface area (Å²) >= 11 is 0. The number of nitrogens with one attached hydrogen (secondary N) is 1. The van der Waals surface area contributed by atoms with Crippen molar-refractivity contribution in [2.45, 2.75) is 51.4 Å². The monoisotopic (exact) mass is 580 g/mol. The van der Waals surface area contributed by atoms with Crippen LogP contribution in [0.15, 0.2) is 77.9 Å². The fourth-order valence-electron chi connectivity index (χ4n) is 4.08. The minimum atomic E-state index is -4.82. The largest absolute Gasteiger partial charge is 0.573 e. The first kappa shape index (κ1) is 30.0. The molecule has 0 radical (unpaired) electrons. The molecule has 1 amide bonds. The fourth-order valence-corrected chi connectivity index (χ4v) is 4.08. The standard InChI is InChI=1S/C29H27F3N6O4/c30-29(31,32)42-25-9-5-6-20(16-25)17-27(40)35-26-11-10-21(36-37-26)7-2-4-14-38-15-12-23(34-28(38)41)19-24(39)18-22-8-1-3-13-33-22/h1,3,5-6,8-13,15-16H,2,4,7,14,17-19H2,(H,35,37,40). The van der Waals surface area contributed by atoms with Crippen LogP contribution < -0.4 is 15.7 Å². The molecule has 4 aromatic rings. The van der Waals surface area contributed by atoms with E-state index >= 15 is 0 Å². The maximum atomic E-state index is 12.4. The van der Waals surface area contributed by atoms with E-state index in [4.69, 9.17) is 0 Å². The van der Waals surface area contributed by atoms with Gasteiger partial charge in [0.2, 0.25) is 5.91 Å². The SMILES string of the molecule is O=C(Cc1ccccn1)Cc1ccn(CCCCc2ccc(NC(=O)Cc3cccc(OC(F)(F)F)c3)nn2)c(=O)n1. The number of ketones is 1. The number of aryl methyl sites for hydroxylation is 2. The summed E-state index contributed by atoms with van der Waals surface area (Å²) in [6.45, 7) is 0.449. The average Bonchev–Trinajstić information content (AvgIpc) is 2.92.